The van der Waals surface area contributed by atoms with Crippen LogP contribution in [0.25, 0.3) is 5.69 Å². The highest BCUT2D eigenvalue weighted by Gasteiger charge is 2.34. The summed E-state index contributed by atoms with van der Waals surface area (Å²) in [4.78, 5) is 15.1. The van der Waals surface area contributed by atoms with Crippen LogP contribution < -0.4 is 9.47 Å². The lowest BCUT2D eigenvalue weighted by Gasteiger charge is -2.21. The number of carbonyl (C=O) groups excluding carboxylic acids is 1. The molecule has 0 atom stereocenters. The number of aromatic nitrogens is 2. The van der Waals surface area contributed by atoms with E-state index in [-0.39, 0.29) is 5.91 Å². The fourth-order valence-corrected chi connectivity index (χ4v) is 4.10. The average Bonchev–Trinajstić information content (AvgIpc) is 3.53. The minimum absolute atomic E-state index is 0.0405. The molecule has 0 saturated heterocycles. The first-order chi connectivity index (χ1) is 15.0. The van der Waals surface area contributed by atoms with Crippen LogP contribution in [0.15, 0.2) is 42.6 Å². The smallest absolute Gasteiger partial charge is 0.257 e. The molecular weight excluding hydrogens is 414 g/mol. The minimum Gasteiger partial charge on any atom is -0.486 e. The largest absolute Gasteiger partial charge is 0.486 e. The third-order valence-corrected chi connectivity index (χ3v) is 6.18. The summed E-state index contributed by atoms with van der Waals surface area (Å²) in [6, 6.07) is 11.7. The fourth-order valence-electron chi connectivity index (χ4n) is 3.93. The maximum atomic E-state index is 13.3. The molecule has 1 fully saturated rings. The number of aryl methyl sites for hydroxylation is 1. The topological polar surface area (TPSA) is 56.6 Å². The molecule has 2 aliphatic rings. The predicted octanol–water partition coefficient (Wildman–Crippen LogP) is 4.75. The molecule has 0 bridgehead atoms. The summed E-state index contributed by atoms with van der Waals surface area (Å²) in [6.45, 7) is 3.54. The van der Waals surface area contributed by atoms with Gasteiger partial charge in [-0.1, -0.05) is 23.7 Å². The van der Waals surface area contributed by atoms with Crippen molar-refractivity contribution in [3.05, 3.63) is 70.0 Å². The van der Waals surface area contributed by atoms with Gasteiger partial charge in [0.1, 0.15) is 13.2 Å². The predicted molar refractivity (Wildman–Crippen MR) is 119 cm³/mol. The Morgan fingerprint density at radius 2 is 1.94 bits per heavy atom. The van der Waals surface area contributed by atoms with Crippen LogP contribution in [0.1, 0.15) is 45.9 Å². The first-order valence-electron chi connectivity index (χ1n) is 10.5. The molecule has 6 nitrogen and oxygen atoms in total. The molecule has 1 saturated carbocycles. The van der Waals surface area contributed by atoms with Gasteiger partial charge in [-0.25, -0.2) is 4.68 Å². The van der Waals surface area contributed by atoms with E-state index in [9.17, 15) is 4.79 Å². The van der Waals surface area contributed by atoms with Gasteiger partial charge in [-0.05, 0) is 55.2 Å². The first kappa shape index (κ1) is 19.9. The number of fused-ring (bicyclic) bond motifs is 1. The SMILES string of the molecule is Cc1ccc(-n2ncc(C(=O)N(C)Cc3ccc4c(c3)OCCO4)c2C2CC2)cc1Cl. The monoisotopic (exact) mass is 437 g/mol. The lowest BCUT2D eigenvalue weighted by atomic mass is 10.1. The van der Waals surface area contributed by atoms with Crippen molar-refractivity contribution in [2.24, 2.45) is 0 Å². The van der Waals surface area contributed by atoms with Crippen LogP contribution in [-0.2, 0) is 6.54 Å². The third-order valence-electron chi connectivity index (χ3n) is 5.77. The van der Waals surface area contributed by atoms with Crippen LogP contribution in [0.2, 0.25) is 5.02 Å². The Kier molecular flexibility index (Phi) is 5.10. The van der Waals surface area contributed by atoms with Crippen molar-refractivity contribution in [2.75, 3.05) is 20.3 Å². The van der Waals surface area contributed by atoms with Crippen molar-refractivity contribution >= 4 is 17.5 Å². The van der Waals surface area contributed by atoms with Crippen LogP contribution in [0.3, 0.4) is 0 Å². The molecule has 0 radical (unpaired) electrons. The molecular formula is C24H24ClN3O3. The van der Waals surface area contributed by atoms with Gasteiger partial charge in [-0.15, -0.1) is 0 Å². The number of ether oxygens (including phenoxy) is 2. The highest BCUT2D eigenvalue weighted by molar-refractivity contribution is 6.31. The van der Waals surface area contributed by atoms with Crippen LogP contribution in [0.4, 0.5) is 0 Å². The number of benzene rings is 2. The van der Waals surface area contributed by atoms with Crippen molar-refractivity contribution in [3.63, 3.8) is 0 Å². The molecule has 160 valence electrons. The van der Waals surface area contributed by atoms with Crippen molar-refractivity contribution in [1.29, 1.82) is 0 Å². The average molecular weight is 438 g/mol. The second kappa shape index (κ2) is 7.93. The molecule has 1 amide bonds. The Morgan fingerprint density at radius 1 is 1.16 bits per heavy atom. The second-order valence-electron chi connectivity index (χ2n) is 8.20. The van der Waals surface area contributed by atoms with E-state index < -0.39 is 0 Å². The van der Waals surface area contributed by atoms with Crippen molar-refractivity contribution in [3.8, 4) is 17.2 Å². The zero-order valence-electron chi connectivity index (χ0n) is 17.6. The zero-order chi connectivity index (χ0) is 21.5. The molecule has 2 aromatic carbocycles. The number of nitrogens with zero attached hydrogens (tertiary/aromatic N) is 3. The molecule has 2 heterocycles. The second-order valence-corrected chi connectivity index (χ2v) is 8.61. The van der Waals surface area contributed by atoms with Gasteiger partial charge in [0.05, 0.1) is 23.1 Å². The molecule has 0 N–H and O–H groups in total. The zero-order valence-corrected chi connectivity index (χ0v) is 18.4. The van der Waals surface area contributed by atoms with E-state index in [0.29, 0.717) is 36.3 Å². The quantitative estimate of drug-likeness (QED) is 0.577. The number of halogens is 1. The van der Waals surface area contributed by atoms with Crippen LogP contribution in [0.5, 0.6) is 11.5 Å². The number of hydrogen-bond donors (Lipinski definition) is 0. The Hall–Kier alpha value is -2.99. The van der Waals surface area contributed by atoms with E-state index in [1.807, 2.05) is 55.1 Å². The van der Waals surface area contributed by atoms with Gasteiger partial charge >= 0.3 is 0 Å². The molecule has 1 aliphatic heterocycles. The summed E-state index contributed by atoms with van der Waals surface area (Å²) in [6.07, 6.45) is 3.82. The summed E-state index contributed by atoms with van der Waals surface area (Å²) >= 11 is 6.34. The van der Waals surface area contributed by atoms with E-state index in [1.165, 1.54) is 0 Å². The first-order valence-corrected chi connectivity index (χ1v) is 10.9. The van der Waals surface area contributed by atoms with Gasteiger partial charge in [0.15, 0.2) is 11.5 Å². The van der Waals surface area contributed by atoms with E-state index >= 15 is 0 Å². The van der Waals surface area contributed by atoms with Gasteiger partial charge in [0.25, 0.3) is 5.91 Å². The van der Waals surface area contributed by atoms with E-state index in [4.69, 9.17) is 21.1 Å². The Morgan fingerprint density at radius 3 is 2.68 bits per heavy atom. The highest BCUT2D eigenvalue weighted by Crippen LogP contribution is 2.43. The molecule has 1 aliphatic carbocycles. The van der Waals surface area contributed by atoms with E-state index in [0.717, 1.165) is 46.8 Å². The Balaban J connectivity index is 1.41. The van der Waals surface area contributed by atoms with Gasteiger partial charge < -0.3 is 14.4 Å². The fraction of sp³-hybridized carbons (Fsp3) is 0.333. The van der Waals surface area contributed by atoms with Crippen LogP contribution >= 0.6 is 11.6 Å². The Bertz CT molecular complexity index is 1150. The highest BCUT2D eigenvalue weighted by atomic mass is 35.5. The maximum Gasteiger partial charge on any atom is 0.257 e. The van der Waals surface area contributed by atoms with Crippen molar-refractivity contribution < 1.29 is 14.3 Å². The summed E-state index contributed by atoms with van der Waals surface area (Å²) in [7, 11) is 1.82. The van der Waals surface area contributed by atoms with Gasteiger partial charge in [-0.3, -0.25) is 4.79 Å². The summed E-state index contributed by atoms with van der Waals surface area (Å²) in [5.74, 6) is 1.79. The van der Waals surface area contributed by atoms with Gasteiger partial charge in [-0.2, -0.15) is 5.10 Å². The standard InChI is InChI=1S/C24H24ClN3O3/c1-15-3-7-18(12-20(15)25)28-23(17-5-6-17)19(13-26-28)24(29)27(2)14-16-4-8-21-22(11-16)31-10-9-30-21/h3-4,7-8,11-13,17H,5-6,9-10,14H2,1-2H3. The van der Waals surface area contributed by atoms with E-state index in [1.54, 1.807) is 11.1 Å². The van der Waals surface area contributed by atoms with Crippen LogP contribution in [0, 0.1) is 6.92 Å². The Labute approximate surface area is 186 Å². The van der Waals surface area contributed by atoms with Crippen molar-refractivity contribution in [1.82, 2.24) is 14.7 Å². The van der Waals surface area contributed by atoms with E-state index in [2.05, 4.69) is 5.10 Å². The number of rotatable bonds is 5. The van der Waals surface area contributed by atoms with Crippen molar-refractivity contribution in [2.45, 2.75) is 32.2 Å². The molecule has 1 aromatic heterocycles. The summed E-state index contributed by atoms with van der Waals surface area (Å²) in [5, 5.41) is 5.25. The summed E-state index contributed by atoms with van der Waals surface area (Å²) in [5.41, 5.74) is 4.51. The third kappa shape index (κ3) is 3.88. The van der Waals surface area contributed by atoms with Gasteiger partial charge in [0, 0.05) is 24.5 Å². The normalized spacial score (nSPS) is 15.1. The number of carbonyl (C=O) groups is 1. The minimum atomic E-state index is -0.0405. The molecule has 0 unspecified atom stereocenters. The lowest BCUT2D eigenvalue weighted by Crippen LogP contribution is -2.27. The molecule has 3 aromatic rings. The molecule has 31 heavy (non-hydrogen) atoms. The maximum absolute atomic E-state index is 13.3. The molecule has 5 rings (SSSR count). The number of hydrogen-bond acceptors (Lipinski definition) is 4. The summed E-state index contributed by atoms with van der Waals surface area (Å²) < 4.78 is 13.1. The van der Waals surface area contributed by atoms with Gasteiger partial charge in [0.2, 0.25) is 0 Å². The lowest BCUT2D eigenvalue weighted by molar-refractivity contribution is 0.0783. The molecule has 0 spiro atoms. The van der Waals surface area contributed by atoms with Crippen LogP contribution in [-0.4, -0.2) is 40.8 Å². The molecule has 7 heteroatoms. The number of amides is 1.